The van der Waals surface area contributed by atoms with Gasteiger partial charge in [0.05, 0.1) is 6.42 Å². The second-order valence-corrected chi connectivity index (χ2v) is 4.59. The van der Waals surface area contributed by atoms with Crippen LogP contribution in [0.25, 0.3) is 0 Å². The van der Waals surface area contributed by atoms with Crippen LogP contribution in [-0.2, 0) is 11.2 Å². The molecule has 2 aromatic rings. The Kier molecular flexibility index (Phi) is 4.12. The summed E-state index contributed by atoms with van der Waals surface area (Å²) in [4.78, 5) is 11.9. The van der Waals surface area contributed by atoms with E-state index in [9.17, 15) is 13.6 Å². The van der Waals surface area contributed by atoms with Crippen LogP contribution in [0.4, 0.5) is 14.6 Å². The summed E-state index contributed by atoms with van der Waals surface area (Å²) in [6.07, 6.45) is -2.50. The van der Waals surface area contributed by atoms with Gasteiger partial charge in [-0.3, -0.25) is 9.89 Å². The molecule has 0 aliphatic rings. The van der Waals surface area contributed by atoms with Gasteiger partial charge in [-0.05, 0) is 25.5 Å². The fourth-order valence-corrected chi connectivity index (χ4v) is 1.81. The predicted molar refractivity (Wildman–Crippen MR) is 71.8 cm³/mol. The van der Waals surface area contributed by atoms with E-state index in [0.717, 1.165) is 11.3 Å². The van der Waals surface area contributed by atoms with Crippen molar-refractivity contribution in [2.45, 2.75) is 26.7 Å². The van der Waals surface area contributed by atoms with Gasteiger partial charge < -0.3 is 5.32 Å². The normalized spacial score (nSPS) is 10.8. The van der Waals surface area contributed by atoms with E-state index >= 15 is 0 Å². The van der Waals surface area contributed by atoms with Crippen molar-refractivity contribution in [3.05, 3.63) is 46.6 Å². The molecule has 0 saturated heterocycles. The highest BCUT2D eigenvalue weighted by molar-refractivity contribution is 5.92. The van der Waals surface area contributed by atoms with E-state index in [1.165, 1.54) is 18.2 Å². The van der Waals surface area contributed by atoms with E-state index in [1.54, 1.807) is 6.07 Å². The lowest BCUT2D eigenvalue weighted by atomic mass is 10.1. The van der Waals surface area contributed by atoms with Gasteiger partial charge in [-0.2, -0.15) is 5.10 Å². The third kappa shape index (κ3) is 3.20. The average Bonchev–Trinajstić information content (AvgIpc) is 2.71. The molecule has 1 aromatic carbocycles. The van der Waals surface area contributed by atoms with Crippen LogP contribution in [0.1, 0.15) is 28.8 Å². The fourth-order valence-electron chi connectivity index (χ4n) is 1.81. The van der Waals surface area contributed by atoms with Gasteiger partial charge in [-0.15, -0.1) is 0 Å². The van der Waals surface area contributed by atoms with Crippen LogP contribution in [0.3, 0.4) is 0 Å². The number of carbonyl (C=O) groups is 1. The second-order valence-electron chi connectivity index (χ2n) is 4.59. The number of hydrogen-bond acceptors (Lipinski definition) is 2. The standard InChI is InChI=1S/C14H15F2N3O/c1-8-9(2)18-19-14(8)17-12(20)7-10-4-3-5-11(6-10)13(15)16/h3-6,13H,7H2,1-2H3,(H2,17,18,19,20). The third-order valence-corrected chi connectivity index (χ3v) is 3.08. The summed E-state index contributed by atoms with van der Waals surface area (Å²) >= 11 is 0. The number of aromatic nitrogens is 2. The molecule has 0 atom stereocenters. The van der Waals surface area contributed by atoms with Gasteiger partial charge >= 0.3 is 0 Å². The van der Waals surface area contributed by atoms with Gasteiger partial charge in [0.2, 0.25) is 5.91 Å². The predicted octanol–water partition coefficient (Wildman–Crippen LogP) is 3.15. The molecule has 20 heavy (non-hydrogen) atoms. The zero-order chi connectivity index (χ0) is 14.7. The number of halogens is 2. The summed E-state index contributed by atoms with van der Waals surface area (Å²) < 4.78 is 25.1. The Morgan fingerprint density at radius 3 is 2.75 bits per heavy atom. The molecule has 0 aliphatic carbocycles. The van der Waals surface area contributed by atoms with Crippen molar-refractivity contribution in [2.24, 2.45) is 0 Å². The van der Waals surface area contributed by atoms with E-state index in [4.69, 9.17) is 0 Å². The van der Waals surface area contributed by atoms with Gasteiger partial charge in [0.1, 0.15) is 0 Å². The summed E-state index contributed by atoms with van der Waals surface area (Å²) in [6.45, 7) is 3.69. The Hall–Kier alpha value is -2.24. The lowest BCUT2D eigenvalue weighted by Gasteiger charge is -2.05. The summed E-state index contributed by atoms with van der Waals surface area (Å²) in [7, 11) is 0. The molecular formula is C14H15F2N3O. The average molecular weight is 279 g/mol. The van der Waals surface area contributed by atoms with E-state index in [0.29, 0.717) is 11.4 Å². The van der Waals surface area contributed by atoms with E-state index in [1.807, 2.05) is 13.8 Å². The van der Waals surface area contributed by atoms with Gasteiger partial charge in [0.25, 0.3) is 6.43 Å². The summed E-state index contributed by atoms with van der Waals surface area (Å²) in [5.41, 5.74) is 2.20. The first-order chi connectivity index (χ1) is 9.47. The number of carbonyl (C=O) groups excluding carboxylic acids is 1. The van der Waals surface area contributed by atoms with Crippen LogP contribution in [-0.4, -0.2) is 16.1 Å². The maximum Gasteiger partial charge on any atom is 0.263 e. The monoisotopic (exact) mass is 279 g/mol. The Morgan fingerprint density at radius 1 is 1.40 bits per heavy atom. The number of benzene rings is 1. The van der Waals surface area contributed by atoms with Crippen LogP contribution in [0.15, 0.2) is 24.3 Å². The topological polar surface area (TPSA) is 57.8 Å². The Bertz CT molecular complexity index is 623. The number of aromatic amines is 1. The minimum absolute atomic E-state index is 0.0336. The number of nitrogens with one attached hydrogen (secondary N) is 2. The molecule has 2 rings (SSSR count). The van der Waals surface area contributed by atoms with Gasteiger partial charge in [-0.1, -0.05) is 18.2 Å². The van der Waals surface area contributed by atoms with Crippen LogP contribution in [0.2, 0.25) is 0 Å². The maximum atomic E-state index is 12.6. The maximum absolute atomic E-state index is 12.6. The summed E-state index contributed by atoms with van der Waals surface area (Å²) in [5, 5.41) is 9.39. The molecule has 2 N–H and O–H groups in total. The van der Waals surface area contributed by atoms with Gasteiger partial charge in [0.15, 0.2) is 5.82 Å². The summed E-state index contributed by atoms with van der Waals surface area (Å²) in [6, 6.07) is 5.85. The minimum Gasteiger partial charge on any atom is -0.309 e. The number of anilines is 1. The molecule has 0 spiro atoms. The molecule has 106 valence electrons. The molecule has 0 aliphatic heterocycles. The zero-order valence-corrected chi connectivity index (χ0v) is 11.2. The first kappa shape index (κ1) is 14.2. The van der Waals surface area contributed by atoms with Crippen molar-refractivity contribution in [1.82, 2.24) is 10.2 Å². The van der Waals surface area contributed by atoms with Crippen molar-refractivity contribution in [2.75, 3.05) is 5.32 Å². The zero-order valence-electron chi connectivity index (χ0n) is 11.2. The Labute approximate surface area is 115 Å². The highest BCUT2D eigenvalue weighted by Crippen LogP contribution is 2.20. The molecule has 1 amide bonds. The number of alkyl halides is 2. The molecule has 1 aromatic heterocycles. The van der Waals surface area contributed by atoms with Crippen molar-refractivity contribution in [3.8, 4) is 0 Å². The van der Waals surface area contributed by atoms with Crippen molar-refractivity contribution in [3.63, 3.8) is 0 Å². The smallest absolute Gasteiger partial charge is 0.263 e. The van der Waals surface area contributed by atoms with Crippen LogP contribution < -0.4 is 5.32 Å². The molecular weight excluding hydrogens is 264 g/mol. The largest absolute Gasteiger partial charge is 0.309 e. The first-order valence-corrected chi connectivity index (χ1v) is 6.15. The number of hydrogen-bond donors (Lipinski definition) is 2. The Balaban J connectivity index is 2.05. The fraction of sp³-hybridized carbons (Fsp3) is 0.286. The molecule has 4 nitrogen and oxygen atoms in total. The SMILES string of the molecule is Cc1[nH]nc(NC(=O)Cc2cccc(C(F)F)c2)c1C. The summed E-state index contributed by atoms with van der Waals surface area (Å²) in [5.74, 6) is 0.184. The van der Waals surface area contributed by atoms with Crippen molar-refractivity contribution < 1.29 is 13.6 Å². The number of rotatable bonds is 4. The van der Waals surface area contributed by atoms with Crippen LogP contribution in [0, 0.1) is 13.8 Å². The Morgan fingerprint density at radius 2 is 2.15 bits per heavy atom. The molecule has 1 heterocycles. The highest BCUT2D eigenvalue weighted by Gasteiger charge is 2.12. The molecule has 0 bridgehead atoms. The first-order valence-electron chi connectivity index (χ1n) is 6.15. The van der Waals surface area contributed by atoms with Crippen molar-refractivity contribution in [1.29, 1.82) is 0 Å². The number of nitrogens with zero attached hydrogens (tertiary/aromatic N) is 1. The molecule has 6 heteroatoms. The van der Waals surface area contributed by atoms with Crippen molar-refractivity contribution >= 4 is 11.7 Å². The lowest BCUT2D eigenvalue weighted by Crippen LogP contribution is -2.15. The molecule has 0 unspecified atom stereocenters. The number of H-pyrrole nitrogens is 1. The van der Waals surface area contributed by atoms with Crippen LogP contribution in [0.5, 0.6) is 0 Å². The minimum atomic E-state index is -2.53. The molecule has 0 fully saturated rings. The molecule has 0 saturated carbocycles. The van der Waals surface area contributed by atoms with E-state index in [-0.39, 0.29) is 17.9 Å². The van der Waals surface area contributed by atoms with Gasteiger partial charge in [-0.25, -0.2) is 8.78 Å². The van der Waals surface area contributed by atoms with E-state index in [2.05, 4.69) is 15.5 Å². The second kappa shape index (κ2) is 5.81. The number of aryl methyl sites for hydroxylation is 1. The third-order valence-electron chi connectivity index (χ3n) is 3.08. The van der Waals surface area contributed by atoms with Gasteiger partial charge in [0, 0.05) is 16.8 Å². The highest BCUT2D eigenvalue weighted by atomic mass is 19.3. The quantitative estimate of drug-likeness (QED) is 0.903. The van der Waals surface area contributed by atoms with E-state index < -0.39 is 6.43 Å². The molecule has 0 radical (unpaired) electrons. The number of amides is 1. The van der Waals surface area contributed by atoms with Crippen LogP contribution >= 0.6 is 0 Å². The lowest BCUT2D eigenvalue weighted by molar-refractivity contribution is -0.115.